The van der Waals surface area contributed by atoms with E-state index in [0.29, 0.717) is 0 Å². The lowest BCUT2D eigenvalue weighted by atomic mass is 10.1. The van der Waals surface area contributed by atoms with Crippen LogP contribution >= 0.6 is 56.7 Å². The van der Waals surface area contributed by atoms with Crippen molar-refractivity contribution in [2.75, 3.05) is 0 Å². The van der Waals surface area contributed by atoms with Gasteiger partial charge in [-0.05, 0) is 73.2 Å². The minimum absolute atomic E-state index is 0.135. The molecule has 0 saturated heterocycles. The zero-order valence-corrected chi connectivity index (χ0v) is 30.9. The van der Waals surface area contributed by atoms with Crippen molar-refractivity contribution < 1.29 is 0 Å². The van der Waals surface area contributed by atoms with Gasteiger partial charge in [-0.2, -0.15) is 0 Å². The van der Waals surface area contributed by atoms with E-state index in [4.69, 9.17) is 13.1 Å². The first kappa shape index (κ1) is 34.8. The number of thiophene rings is 5. The van der Waals surface area contributed by atoms with E-state index < -0.39 is 0 Å². The van der Waals surface area contributed by atoms with Crippen molar-refractivity contribution in [3.63, 3.8) is 0 Å². The molecule has 9 heteroatoms. The SMILES string of the molecule is [C-]#[N+]/C(C#N)=C\c1sc(-c2cc3sc4cc(-c5cc(CCCCCCC)c(/C=C(\C#N)[N+]#[C-])s5)sc4c3s2)cc1CCCCCCC. The summed E-state index contributed by atoms with van der Waals surface area (Å²) in [6.45, 7) is 19.2. The molecule has 4 nitrogen and oxygen atoms in total. The molecule has 0 aliphatic heterocycles. The molecule has 0 N–H and O–H groups in total. The zero-order valence-electron chi connectivity index (χ0n) is 26.8. The van der Waals surface area contributed by atoms with Crippen LogP contribution in [-0.4, -0.2) is 0 Å². The predicted octanol–water partition coefficient (Wildman–Crippen LogP) is 14.2. The van der Waals surface area contributed by atoms with Crippen LogP contribution in [0.5, 0.6) is 0 Å². The Labute approximate surface area is 298 Å². The van der Waals surface area contributed by atoms with Crippen LogP contribution < -0.4 is 0 Å². The van der Waals surface area contributed by atoms with Gasteiger partial charge in [0.15, 0.2) is 0 Å². The molecule has 5 aromatic heterocycles. The Balaban J connectivity index is 1.44. The van der Waals surface area contributed by atoms with E-state index in [-0.39, 0.29) is 11.4 Å². The molecular weight excluding hydrogens is 673 g/mol. The number of nitriles is 2. The molecule has 0 amide bonds. The lowest BCUT2D eigenvalue weighted by Gasteiger charge is -2.01. The average Bonchev–Trinajstić information content (AvgIpc) is 3.90. The maximum absolute atomic E-state index is 9.42. The molecule has 47 heavy (non-hydrogen) atoms. The first-order valence-electron chi connectivity index (χ1n) is 16.2. The van der Waals surface area contributed by atoms with Gasteiger partial charge in [0.25, 0.3) is 11.4 Å². The molecule has 0 aliphatic rings. The van der Waals surface area contributed by atoms with E-state index >= 15 is 0 Å². The Morgan fingerprint density at radius 2 is 1.00 bits per heavy atom. The summed E-state index contributed by atoms with van der Waals surface area (Å²) in [5.41, 5.74) is 2.74. The van der Waals surface area contributed by atoms with Crippen molar-refractivity contribution >= 4 is 87.6 Å². The third-order valence-corrected chi connectivity index (χ3v) is 14.5. The molecule has 0 fully saturated rings. The third-order valence-electron chi connectivity index (χ3n) is 8.10. The fraction of sp³-hybridized carbons (Fsp3) is 0.368. The van der Waals surface area contributed by atoms with Crippen LogP contribution in [0.2, 0.25) is 0 Å². The summed E-state index contributed by atoms with van der Waals surface area (Å²) in [6, 6.07) is 13.3. The van der Waals surface area contributed by atoms with Crippen molar-refractivity contribution in [3.8, 4) is 31.6 Å². The molecule has 0 aliphatic carbocycles. The Morgan fingerprint density at radius 1 is 0.596 bits per heavy atom. The molecular formula is C38H36N4S5. The first-order chi connectivity index (χ1) is 23.0. The molecule has 0 aromatic carbocycles. The van der Waals surface area contributed by atoms with Crippen LogP contribution in [-0.2, 0) is 12.8 Å². The van der Waals surface area contributed by atoms with Gasteiger partial charge in [0.05, 0.1) is 34.7 Å². The van der Waals surface area contributed by atoms with Crippen LogP contribution in [0.25, 0.3) is 60.2 Å². The highest BCUT2D eigenvalue weighted by atomic mass is 32.1. The molecule has 0 saturated carbocycles. The summed E-state index contributed by atoms with van der Waals surface area (Å²) in [4.78, 5) is 13.8. The van der Waals surface area contributed by atoms with Crippen molar-refractivity contribution in [2.24, 2.45) is 0 Å². The fourth-order valence-electron chi connectivity index (χ4n) is 5.61. The number of allylic oxidation sites excluding steroid dienone is 2. The number of fused-ring (bicyclic) bond motifs is 3. The summed E-state index contributed by atoms with van der Waals surface area (Å²) >= 11 is 8.88. The molecule has 5 heterocycles. The predicted molar refractivity (Wildman–Crippen MR) is 207 cm³/mol. The molecule has 0 bridgehead atoms. The van der Waals surface area contributed by atoms with Crippen molar-refractivity contribution in [1.82, 2.24) is 0 Å². The van der Waals surface area contributed by atoms with E-state index in [1.165, 1.54) is 101 Å². The number of nitrogens with zero attached hydrogens (tertiary/aromatic N) is 4. The maximum atomic E-state index is 9.42. The number of hydrogen-bond acceptors (Lipinski definition) is 7. The monoisotopic (exact) mass is 708 g/mol. The third kappa shape index (κ3) is 8.49. The summed E-state index contributed by atoms with van der Waals surface area (Å²) in [6.07, 6.45) is 17.6. The van der Waals surface area contributed by atoms with Gasteiger partial charge in [0.2, 0.25) is 0 Å². The first-order valence-corrected chi connectivity index (χ1v) is 20.3. The minimum atomic E-state index is 0.135. The topological polar surface area (TPSA) is 56.3 Å². The van der Waals surface area contributed by atoms with E-state index in [1.807, 2.05) is 46.1 Å². The van der Waals surface area contributed by atoms with Gasteiger partial charge in [0, 0.05) is 38.7 Å². The van der Waals surface area contributed by atoms with Crippen LogP contribution in [0.3, 0.4) is 0 Å². The second-order valence-electron chi connectivity index (χ2n) is 11.5. The van der Waals surface area contributed by atoms with Gasteiger partial charge < -0.3 is 0 Å². The van der Waals surface area contributed by atoms with Gasteiger partial charge in [-0.15, -0.1) is 56.7 Å². The Hall–Kier alpha value is -3.54. The van der Waals surface area contributed by atoms with E-state index in [2.05, 4.69) is 47.8 Å². The lowest BCUT2D eigenvalue weighted by Crippen LogP contribution is -1.86. The van der Waals surface area contributed by atoms with E-state index in [0.717, 1.165) is 35.4 Å². The van der Waals surface area contributed by atoms with Crippen LogP contribution in [0.4, 0.5) is 0 Å². The number of unbranched alkanes of at least 4 members (excludes halogenated alkanes) is 8. The van der Waals surface area contributed by atoms with Crippen LogP contribution in [0.15, 0.2) is 35.7 Å². The molecule has 238 valence electrons. The zero-order chi connectivity index (χ0) is 33.2. The van der Waals surface area contributed by atoms with Gasteiger partial charge in [0.1, 0.15) is 0 Å². The smallest absolute Gasteiger partial charge is 0.227 e. The van der Waals surface area contributed by atoms with Gasteiger partial charge >= 0.3 is 0 Å². The minimum Gasteiger partial charge on any atom is -0.227 e. The summed E-state index contributed by atoms with van der Waals surface area (Å²) in [7, 11) is 0. The number of rotatable bonds is 16. The largest absolute Gasteiger partial charge is 0.263 e. The van der Waals surface area contributed by atoms with Gasteiger partial charge in [-0.3, -0.25) is 0 Å². The van der Waals surface area contributed by atoms with Gasteiger partial charge in [-0.25, -0.2) is 20.2 Å². The number of aryl methyl sites for hydroxylation is 2. The highest BCUT2D eigenvalue weighted by molar-refractivity contribution is 7.41. The van der Waals surface area contributed by atoms with E-state index in [9.17, 15) is 10.5 Å². The highest BCUT2D eigenvalue weighted by Crippen LogP contribution is 2.50. The molecule has 5 aromatic rings. The maximum Gasteiger partial charge on any atom is 0.263 e. The van der Waals surface area contributed by atoms with Crippen LogP contribution in [0.1, 0.15) is 98.9 Å². The summed E-state index contributed by atoms with van der Waals surface area (Å²) in [5, 5.41) is 18.8. The van der Waals surface area contributed by atoms with E-state index in [1.54, 1.807) is 34.8 Å². The lowest BCUT2D eigenvalue weighted by molar-refractivity contribution is 0.632. The van der Waals surface area contributed by atoms with Crippen LogP contribution in [0, 0.1) is 35.8 Å². The van der Waals surface area contributed by atoms with Gasteiger partial charge in [-0.1, -0.05) is 65.2 Å². The Morgan fingerprint density at radius 3 is 1.38 bits per heavy atom. The second kappa shape index (κ2) is 17.0. The average molecular weight is 709 g/mol. The Kier molecular flexibility index (Phi) is 12.6. The van der Waals surface area contributed by atoms with Crippen molar-refractivity contribution in [3.05, 3.63) is 79.4 Å². The molecule has 0 atom stereocenters. The van der Waals surface area contributed by atoms with Crippen molar-refractivity contribution in [2.45, 2.75) is 90.9 Å². The van der Waals surface area contributed by atoms with Crippen molar-refractivity contribution in [1.29, 1.82) is 10.5 Å². The molecule has 0 unspecified atom stereocenters. The fourth-order valence-corrected chi connectivity index (χ4v) is 12.1. The molecule has 0 radical (unpaired) electrons. The second-order valence-corrected chi connectivity index (χ2v) is 16.9. The quantitative estimate of drug-likeness (QED) is 0.0582. The normalized spacial score (nSPS) is 12.0. The summed E-state index contributed by atoms with van der Waals surface area (Å²) < 4.78 is 5.21. The molecule has 5 rings (SSSR count). The number of hydrogen-bond donors (Lipinski definition) is 0. The molecule has 0 spiro atoms. The Bertz CT molecular complexity index is 1900. The summed E-state index contributed by atoms with van der Waals surface area (Å²) in [5.74, 6) is 0. The standard InChI is InChI=1S/C38H36N4S5/c1-5-7-9-11-13-15-25-17-31(43-29(25)19-27(23-39)41-3)33-21-35-37(46-33)38-36(45-35)22-34(47-38)32-18-26(16-14-12-10-8-6-2)30(44-32)20-28(24-40)42-4/h17-22H,5-16H2,1-2H3/b27-19-,28-20+. The highest BCUT2D eigenvalue weighted by Gasteiger charge is 2.19.